The molecule has 0 radical (unpaired) electrons. The fraction of sp³-hybridized carbons (Fsp3) is 0.500. The molecule has 1 aliphatic heterocycles. The van der Waals surface area contributed by atoms with E-state index in [4.69, 9.17) is 20.9 Å². The Morgan fingerprint density at radius 3 is 2.68 bits per heavy atom. The molecule has 7 heteroatoms. The van der Waals surface area contributed by atoms with Gasteiger partial charge in [0.1, 0.15) is 5.75 Å². The molecule has 3 rings (SSSR count). The van der Waals surface area contributed by atoms with Crippen LogP contribution in [-0.2, 0) is 4.79 Å². The molecular formula is C18H22ClN3O3. The molecule has 1 fully saturated rings. The van der Waals surface area contributed by atoms with Crippen LogP contribution in [0.4, 0.5) is 0 Å². The SMILES string of the molecule is CC(=O)N1CCC(c2nc(-c3ccc(OC(C)C)c(Cl)c3)no2)CC1. The Morgan fingerprint density at radius 1 is 1.36 bits per heavy atom. The highest BCUT2D eigenvalue weighted by Crippen LogP contribution is 2.32. The first-order valence-corrected chi connectivity index (χ1v) is 8.87. The summed E-state index contributed by atoms with van der Waals surface area (Å²) in [4.78, 5) is 17.8. The number of halogens is 1. The molecule has 0 atom stereocenters. The van der Waals surface area contributed by atoms with Crippen molar-refractivity contribution in [2.45, 2.75) is 45.6 Å². The van der Waals surface area contributed by atoms with E-state index in [9.17, 15) is 4.79 Å². The van der Waals surface area contributed by atoms with Crippen LogP contribution < -0.4 is 4.74 Å². The average Bonchev–Trinajstić information content (AvgIpc) is 3.06. The van der Waals surface area contributed by atoms with E-state index in [2.05, 4.69) is 10.1 Å². The van der Waals surface area contributed by atoms with E-state index in [1.165, 1.54) is 0 Å². The van der Waals surface area contributed by atoms with Gasteiger partial charge >= 0.3 is 0 Å². The molecule has 25 heavy (non-hydrogen) atoms. The van der Waals surface area contributed by atoms with Crippen molar-refractivity contribution >= 4 is 17.5 Å². The first-order valence-electron chi connectivity index (χ1n) is 8.49. The molecule has 1 aromatic heterocycles. The predicted octanol–water partition coefficient (Wildman–Crippen LogP) is 3.90. The molecule has 0 spiro atoms. The highest BCUT2D eigenvalue weighted by Gasteiger charge is 2.26. The second-order valence-electron chi connectivity index (χ2n) is 6.55. The van der Waals surface area contributed by atoms with Crippen LogP contribution in [0.2, 0.25) is 5.02 Å². The minimum Gasteiger partial charge on any atom is -0.489 e. The van der Waals surface area contributed by atoms with Gasteiger partial charge in [0.2, 0.25) is 17.6 Å². The summed E-state index contributed by atoms with van der Waals surface area (Å²) < 4.78 is 11.1. The van der Waals surface area contributed by atoms with Gasteiger partial charge in [-0.05, 0) is 44.9 Å². The largest absolute Gasteiger partial charge is 0.489 e. The minimum atomic E-state index is 0.0565. The lowest BCUT2D eigenvalue weighted by Crippen LogP contribution is -2.36. The predicted molar refractivity (Wildman–Crippen MR) is 94.7 cm³/mol. The summed E-state index contributed by atoms with van der Waals surface area (Å²) in [7, 11) is 0. The number of hydrogen-bond acceptors (Lipinski definition) is 5. The molecule has 2 aromatic rings. The number of benzene rings is 1. The average molecular weight is 364 g/mol. The smallest absolute Gasteiger partial charge is 0.230 e. The molecule has 1 amide bonds. The number of ether oxygens (including phenoxy) is 1. The van der Waals surface area contributed by atoms with Crippen molar-refractivity contribution in [3.8, 4) is 17.1 Å². The molecule has 2 heterocycles. The molecule has 1 aromatic carbocycles. The van der Waals surface area contributed by atoms with Crippen molar-refractivity contribution in [1.29, 1.82) is 0 Å². The van der Waals surface area contributed by atoms with Crippen molar-refractivity contribution in [1.82, 2.24) is 15.0 Å². The Labute approximate surface area is 152 Å². The van der Waals surface area contributed by atoms with Gasteiger partial charge in [0.05, 0.1) is 11.1 Å². The molecule has 0 unspecified atom stereocenters. The van der Waals surface area contributed by atoms with Gasteiger partial charge in [-0.2, -0.15) is 4.98 Å². The highest BCUT2D eigenvalue weighted by atomic mass is 35.5. The minimum absolute atomic E-state index is 0.0565. The molecule has 6 nitrogen and oxygen atoms in total. The van der Waals surface area contributed by atoms with E-state index in [0.29, 0.717) is 22.5 Å². The quantitative estimate of drug-likeness (QED) is 0.823. The van der Waals surface area contributed by atoms with Gasteiger partial charge < -0.3 is 14.2 Å². The standard InChI is InChI=1S/C18H22ClN3O3/c1-11(2)24-16-5-4-14(10-15(16)19)17-20-18(25-21-17)13-6-8-22(9-7-13)12(3)23/h4-5,10-11,13H,6-9H2,1-3H3. The maximum atomic E-state index is 11.4. The molecule has 0 N–H and O–H groups in total. The van der Waals surface area contributed by atoms with Gasteiger partial charge in [0.15, 0.2) is 0 Å². The van der Waals surface area contributed by atoms with E-state index in [1.54, 1.807) is 13.0 Å². The highest BCUT2D eigenvalue weighted by molar-refractivity contribution is 6.32. The number of likely N-dealkylation sites (tertiary alicyclic amines) is 1. The van der Waals surface area contributed by atoms with Crippen molar-refractivity contribution in [3.63, 3.8) is 0 Å². The number of aromatic nitrogens is 2. The Kier molecular flexibility index (Phi) is 5.27. The van der Waals surface area contributed by atoms with Crippen LogP contribution in [0.1, 0.15) is 45.4 Å². The normalized spacial score (nSPS) is 15.6. The van der Waals surface area contributed by atoms with Gasteiger partial charge in [-0.1, -0.05) is 16.8 Å². The number of amides is 1. The Morgan fingerprint density at radius 2 is 2.08 bits per heavy atom. The number of rotatable bonds is 4. The van der Waals surface area contributed by atoms with Crippen LogP contribution in [0.5, 0.6) is 5.75 Å². The van der Waals surface area contributed by atoms with Crippen LogP contribution in [0.15, 0.2) is 22.7 Å². The summed E-state index contributed by atoms with van der Waals surface area (Å²) in [5, 5.41) is 4.60. The summed E-state index contributed by atoms with van der Waals surface area (Å²) in [6.07, 6.45) is 1.73. The van der Waals surface area contributed by atoms with Crippen molar-refractivity contribution < 1.29 is 14.1 Å². The van der Waals surface area contributed by atoms with E-state index < -0.39 is 0 Å². The lowest BCUT2D eigenvalue weighted by Gasteiger charge is -2.29. The van der Waals surface area contributed by atoms with Gasteiger partial charge in [0.25, 0.3) is 0 Å². The van der Waals surface area contributed by atoms with Crippen molar-refractivity contribution in [2.24, 2.45) is 0 Å². The summed E-state index contributed by atoms with van der Waals surface area (Å²) in [6.45, 7) is 6.96. The molecule has 134 valence electrons. The zero-order valence-electron chi connectivity index (χ0n) is 14.7. The van der Waals surface area contributed by atoms with E-state index >= 15 is 0 Å². The number of carbonyl (C=O) groups is 1. The summed E-state index contributed by atoms with van der Waals surface area (Å²) in [5.74, 6) is 2.08. The second-order valence-corrected chi connectivity index (χ2v) is 6.96. The fourth-order valence-electron chi connectivity index (χ4n) is 2.95. The fourth-order valence-corrected chi connectivity index (χ4v) is 3.17. The second kappa shape index (κ2) is 7.44. The lowest BCUT2D eigenvalue weighted by atomic mass is 9.97. The Bertz CT molecular complexity index is 752. The Hall–Kier alpha value is -2.08. The summed E-state index contributed by atoms with van der Waals surface area (Å²) in [5.41, 5.74) is 0.789. The molecule has 0 aliphatic carbocycles. The monoisotopic (exact) mass is 363 g/mol. The zero-order valence-corrected chi connectivity index (χ0v) is 15.4. The first kappa shape index (κ1) is 17.7. The summed E-state index contributed by atoms with van der Waals surface area (Å²) in [6, 6.07) is 5.47. The van der Waals surface area contributed by atoms with Gasteiger partial charge in [0, 0.05) is 31.5 Å². The topological polar surface area (TPSA) is 68.5 Å². The number of nitrogens with zero attached hydrogens (tertiary/aromatic N) is 3. The van der Waals surface area contributed by atoms with Crippen LogP contribution in [-0.4, -0.2) is 40.1 Å². The number of carbonyl (C=O) groups excluding carboxylic acids is 1. The molecular weight excluding hydrogens is 342 g/mol. The van der Waals surface area contributed by atoms with E-state index in [1.807, 2.05) is 30.9 Å². The number of hydrogen-bond donors (Lipinski definition) is 0. The van der Waals surface area contributed by atoms with Crippen LogP contribution in [0.25, 0.3) is 11.4 Å². The van der Waals surface area contributed by atoms with Crippen LogP contribution >= 0.6 is 11.6 Å². The third-order valence-electron chi connectivity index (χ3n) is 4.28. The van der Waals surface area contributed by atoms with Crippen LogP contribution in [0, 0.1) is 0 Å². The van der Waals surface area contributed by atoms with E-state index in [0.717, 1.165) is 31.5 Å². The van der Waals surface area contributed by atoms with Gasteiger partial charge in [-0.15, -0.1) is 0 Å². The van der Waals surface area contributed by atoms with Crippen molar-refractivity contribution in [2.75, 3.05) is 13.1 Å². The molecule has 1 saturated heterocycles. The third-order valence-corrected chi connectivity index (χ3v) is 4.58. The molecule has 0 saturated carbocycles. The van der Waals surface area contributed by atoms with Gasteiger partial charge in [-0.3, -0.25) is 4.79 Å². The zero-order chi connectivity index (χ0) is 18.0. The third kappa shape index (κ3) is 4.12. The Balaban J connectivity index is 1.71. The van der Waals surface area contributed by atoms with Crippen molar-refractivity contribution in [3.05, 3.63) is 29.1 Å². The maximum absolute atomic E-state index is 11.4. The number of piperidine rings is 1. The maximum Gasteiger partial charge on any atom is 0.230 e. The first-order chi connectivity index (χ1) is 11.9. The molecule has 0 bridgehead atoms. The lowest BCUT2D eigenvalue weighted by molar-refractivity contribution is -0.129. The van der Waals surface area contributed by atoms with Gasteiger partial charge in [-0.25, -0.2) is 0 Å². The molecule has 1 aliphatic rings. The summed E-state index contributed by atoms with van der Waals surface area (Å²) >= 11 is 6.28. The van der Waals surface area contributed by atoms with Crippen LogP contribution in [0.3, 0.4) is 0 Å². The van der Waals surface area contributed by atoms with E-state index in [-0.39, 0.29) is 17.9 Å².